The molecule has 0 N–H and O–H groups in total. The summed E-state index contributed by atoms with van der Waals surface area (Å²) < 4.78 is 1.95. The number of nitrogens with zero attached hydrogens (tertiary/aromatic N) is 4. The Morgan fingerprint density at radius 1 is 0.526 bits per heavy atom. The first kappa shape index (κ1) is 22.0. The Hall–Kier alpha value is -5.22. The molecule has 38 heavy (non-hydrogen) atoms. The minimum atomic E-state index is 0.846. The highest BCUT2D eigenvalue weighted by Gasteiger charge is 2.18. The predicted octanol–water partition coefficient (Wildman–Crippen LogP) is 8.71. The van der Waals surface area contributed by atoms with Crippen molar-refractivity contribution in [1.29, 1.82) is 0 Å². The van der Waals surface area contributed by atoms with Gasteiger partial charge >= 0.3 is 0 Å². The number of hydrogen-bond donors (Lipinski definition) is 0. The SMILES string of the molecule is c1ccc(-c2nn(-c3ccccc3)c3nc4ccc(N(c5ccccc5)c5ccccc5)cc4cc23)cc1. The smallest absolute Gasteiger partial charge is 0.164 e. The maximum atomic E-state index is 5.13. The van der Waals surface area contributed by atoms with Crippen molar-refractivity contribution < 1.29 is 0 Å². The van der Waals surface area contributed by atoms with Crippen molar-refractivity contribution in [2.24, 2.45) is 0 Å². The first-order valence-electron chi connectivity index (χ1n) is 12.7. The number of aromatic nitrogens is 3. The largest absolute Gasteiger partial charge is 0.310 e. The Bertz CT molecular complexity index is 1810. The molecule has 0 bridgehead atoms. The van der Waals surface area contributed by atoms with E-state index in [1.165, 1.54) is 0 Å². The van der Waals surface area contributed by atoms with Crippen molar-refractivity contribution >= 4 is 39.0 Å². The van der Waals surface area contributed by atoms with Crippen LogP contribution in [0.1, 0.15) is 0 Å². The number of benzene rings is 5. The average molecular weight is 489 g/mol. The summed E-state index contributed by atoms with van der Waals surface area (Å²) in [4.78, 5) is 7.40. The lowest BCUT2D eigenvalue weighted by atomic mass is 10.1. The number of anilines is 3. The van der Waals surface area contributed by atoms with Crippen LogP contribution in [-0.4, -0.2) is 14.8 Å². The second-order valence-electron chi connectivity index (χ2n) is 9.21. The van der Waals surface area contributed by atoms with Crippen LogP contribution in [0.15, 0.2) is 146 Å². The molecule has 2 aromatic heterocycles. The molecule has 180 valence electrons. The minimum Gasteiger partial charge on any atom is -0.310 e. The fourth-order valence-corrected chi connectivity index (χ4v) is 4.99. The summed E-state index contributed by atoms with van der Waals surface area (Å²) >= 11 is 0. The van der Waals surface area contributed by atoms with E-state index in [0.717, 1.165) is 55.9 Å². The van der Waals surface area contributed by atoms with Gasteiger partial charge in [0.15, 0.2) is 5.65 Å². The quantitative estimate of drug-likeness (QED) is 0.243. The maximum Gasteiger partial charge on any atom is 0.164 e. The zero-order chi connectivity index (χ0) is 25.3. The van der Waals surface area contributed by atoms with Gasteiger partial charge in [-0.15, -0.1) is 0 Å². The van der Waals surface area contributed by atoms with E-state index in [1.54, 1.807) is 0 Å². The van der Waals surface area contributed by atoms with Crippen molar-refractivity contribution in [2.45, 2.75) is 0 Å². The summed E-state index contributed by atoms with van der Waals surface area (Å²) in [6.07, 6.45) is 0. The molecule has 0 radical (unpaired) electrons. The molecular formula is C34H24N4. The molecule has 0 atom stereocenters. The Labute approximate surface area is 221 Å². The Balaban J connectivity index is 1.46. The summed E-state index contributed by atoms with van der Waals surface area (Å²) in [7, 11) is 0. The van der Waals surface area contributed by atoms with Crippen LogP contribution < -0.4 is 4.90 Å². The third-order valence-electron chi connectivity index (χ3n) is 6.77. The number of pyridine rings is 1. The molecule has 0 aliphatic heterocycles. The van der Waals surface area contributed by atoms with Gasteiger partial charge in [-0.2, -0.15) is 5.10 Å². The standard InChI is InChI=1S/C34H24N4/c1-5-13-25(14-6-1)33-31-24-26-23-30(37(27-15-7-2-8-16-27)28-17-9-3-10-18-28)21-22-32(26)35-34(31)38(36-33)29-19-11-4-12-20-29/h1-24H. The summed E-state index contributed by atoms with van der Waals surface area (Å²) in [6, 6.07) is 50.1. The molecule has 0 aliphatic carbocycles. The lowest BCUT2D eigenvalue weighted by Gasteiger charge is -2.25. The van der Waals surface area contributed by atoms with Gasteiger partial charge in [0.1, 0.15) is 5.69 Å². The monoisotopic (exact) mass is 488 g/mol. The predicted molar refractivity (Wildman–Crippen MR) is 156 cm³/mol. The van der Waals surface area contributed by atoms with E-state index in [0.29, 0.717) is 0 Å². The third-order valence-corrected chi connectivity index (χ3v) is 6.77. The third kappa shape index (κ3) is 3.89. The second kappa shape index (κ2) is 9.34. The lowest BCUT2D eigenvalue weighted by molar-refractivity contribution is 0.903. The molecule has 0 aliphatic rings. The van der Waals surface area contributed by atoms with Gasteiger partial charge in [-0.05, 0) is 60.7 Å². The van der Waals surface area contributed by atoms with E-state index in [9.17, 15) is 0 Å². The Kier molecular flexibility index (Phi) is 5.41. The van der Waals surface area contributed by atoms with Crippen molar-refractivity contribution in [3.8, 4) is 16.9 Å². The molecule has 5 aromatic carbocycles. The number of hydrogen-bond acceptors (Lipinski definition) is 3. The first-order valence-corrected chi connectivity index (χ1v) is 12.7. The van der Waals surface area contributed by atoms with Crippen LogP contribution in [0.5, 0.6) is 0 Å². The number of fused-ring (bicyclic) bond motifs is 2. The molecule has 0 fully saturated rings. The zero-order valence-corrected chi connectivity index (χ0v) is 20.6. The Morgan fingerprint density at radius 2 is 1.11 bits per heavy atom. The Morgan fingerprint density at radius 3 is 1.74 bits per heavy atom. The molecule has 0 saturated carbocycles. The molecule has 2 heterocycles. The topological polar surface area (TPSA) is 34.0 Å². The average Bonchev–Trinajstić information content (AvgIpc) is 3.36. The van der Waals surface area contributed by atoms with Crippen molar-refractivity contribution in [1.82, 2.24) is 14.8 Å². The molecule has 7 rings (SSSR count). The van der Waals surface area contributed by atoms with Gasteiger partial charge < -0.3 is 4.90 Å². The molecule has 7 aromatic rings. The first-order chi connectivity index (χ1) is 18.8. The van der Waals surface area contributed by atoms with Gasteiger partial charge in [-0.1, -0.05) is 84.9 Å². The number of rotatable bonds is 5. The molecule has 0 unspecified atom stereocenters. The van der Waals surface area contributed by atoms with Gasteiger partial charge in [-0.3, -0.25) is 0 Å². The van der Waals surface area contributed by atoms with Crippen molar-refractivity contribution in [2.75, 3.05) is 4.90 Å². The molecule has 4 nitrogen and oxygen atoms in total. The zero-order valence-electron chi connectivity index (χ0n) is 20.6. The molecule has 0 amide bonds. The van der Waals surface area contributed by atoms with Gasteiger partial charge in [0.25, 0.3) is 0 Å². The van der Waals surface area contributed by atoms with E-state index >= 15 is 0 Å². The summed E-state index contributed by atoms with van der Waals surface area (Å²) in [6.45, 7) is 0. The summed E-state index contributed by atoms with van der Waals surface area (Å²) in [5.74, 6) is 0. The molecule has 4 heteroatoms. The van der Waals surface area contributed by atoms with Crippen LogP contribution >= 0.6 is 0 Å². The van der Waals surface area contributed by atoms with E-state index in [1.807, 2.05) is 53.2 Å². The van der Waals surface area contributed by atoms with Crippen LogP contribution in [0, 0.1) is 0 Å². The van der Waals surface area contributed by atoms with Crippen molar-refractivity contribution in [3.63, 3.8) is 0 Å². The molecule has 0 saturated heterocycles. The van der Waals surface area contributed by atoms with E-state index in [-0.39, 0.29) is 0 Å². The fourth-order valence-electron chi connectivity index (χ4n) is 4.99. The lowest BCUT2D eigenvalue weighted by Crippen LogP contribution is -2.09. The van der Waals surface area contributed by atoms with E-state index < -0.39 is 0 Å². The summed E-state index contributed by atoms with van der Waals surface area (Å²) in [5.41, 5.74) is 8.04. The van der Waals surface area contributed by atoms with Gasteiger partial charge in [0.2, 0.25) is 0 Å². The van der Waals surface area contributed by atoms with Crippen LogP contribution in [0.2, 0.25) is 0 Å². The van der Waals surface area contributed by atoms with E-state index in [4.69, 9.17) is 10.1 Å². The molecular weight excluding hydrogens is 464 g/mol. The van der Waals surface area contributed by atoms with Crippen LogP contribution in [0.3, 0.4) is 0 Å². The van der Waals surface area contributed by atoms with E-state index in [2.05, 4.69) is 102 Å². The van der Waals surface area contributed by atoms with Crippen LogP contribution in [-0.2, 0) is 0 Å². The minimum absolute atomic E-state index is 0.846. The van der Waals surface area contributed by atoms with Gasteiger partial charge in [-0.25, -0.2) is 9.67 Å². The van der Waals surface area contributed by atoms with Crippen molar-refractivity contribution in [3.05, 3.63) is 146 Å². The highest BCUT2D eigenvalue weighted by molar-refractivity contribution is 6.00. The maximum absolute atomic E-state index is 5.13. The molecule has 0 spiro atoms. The summed E-state index contributed by atoms with van der Waals surface area (Å²) in [5, 5.41) is 7.14. The second-order valence-corrected chi connectivity index (χ2v) is 9.21. The van der Waals surface area contributed by atoms with Gasteiger partial charge in [0.05, 0.1) is 11.2 Å². The van der Waals surface area contributed by atoms with Crippen LogP contribution in [0.4, 0.5) is 17.1 Å². The highest BCUT2D eigenvalue weighted by Crippen LogP contribution is 2.37. The number of para-hydroxylation sites is 3. The fraction of sp³-hybridized carbons (Fsp3) is 0. The van der Waals surface area contributed by atoms with Crippen LogP contribution in [0.25, 0.3) is 38.9 Å². The normalized spacial score (nSPS) is 11.2. The van der Waals surface area contributed by atoms with Gasteiger partial charge in [0, 0.05) is 33.4 Å². The highest BCUT2D eigenvalue weighted by atomic mass is 15.3.